The Morgan fingerprint density at radius 1 is 1.50 bits per heavy atom. The van der Waals surface area contributed by atoms with Gasteiger partial charge in [-0.1, -0.05) is 19.9 Å². The number of rotatable bonds is 5. The quantitative estimate of drug-likeness (QED) is 0.332. The zero-order valence-electron chi connectivity index (χ0n) is 8.15. The molecule has 0 aromatic carbocycles. The summed E-state index contributed by atoms with van der Waals surface area (Å²) in [5.74, 6) is -0.498. The third-order valence-corrected chi connectivity index (χ3v) is 4.84. The maximum atomic E-state index is 11.2. The monoisotopic (exact) mass is 274 g/mol. The Hall–Kier alpha value is 0.297. The molecule has 1 unspecified atom stereocenters. The number of carbonyl (C=O) groups is 1. The van der Waals surface area contributed by atoms with E-state index in [9.17, 15) is 4.79 Å². The van der Waals surface area contributed by atoms with Gasteiger partial charge in [-0.05, 0) is 13.3 Å². The molecule has 0 aliphatic heterocycles. The lowest BCUT2D eigenvalue weighted by atomic mass is 10.3. The van der Waals surface area contributed by atoms with Crippen molar-refractivity contribution in [2.75, 3.05) is 0 Å². The third kappa shape index (κ3) is 5.25. The first-order valence-corrected chi connectivity index (χ1v) is 9.33. The molecule has 0 radical (unpaired) electrons. The molecule has 0 aliphatic rings. The van der Waals surface area contributed by atoms with Gasteiger partial charge < -0.3 is 4.74 Å². The van der Waals surface area contributed by atoms with Gasteiger partial charge in [0, 0.05) is 5.57 Å². The van der Waals surface area contributed by atoms with Crippen LogP contribution < -0.4 is 0 Å². The summed E-state index contributed by atoms with van der Waals surface area (Å²) >= 11 is 17.4. The van der Waals surface area contributed by atoms with E-state index < -0.39 is 17.7 Å². The normalized spacial score (nSPS) is 13.5. The van der Waals surface area contributed by atoms with Crippen molar-refractivity contribution in [3.63, 3.8) is 0 Å². The average Bonchev–Trinajstić information content (AvgIpc) is 2.01. The van der Waals surface area contributed by atoms with Gasteiger partial charge in [0.1, 0.15) is 5.73 Å². The molecule has 0 bridgehead atoms. The Kier molecular flexibility index (Phi) is 6.13. The molecule has 82 valence electrons. The first-order chi connectivity index (χ1) is 6.29. The van der Waals surface area contributed by atoms with Crippen LogP contribution in [-0.4, -0.2) is 17.7 Å². The van der Waals surface area contributed by atoms with E-state index in [-0.39, 0.29) is 0 Å². The van der Waals surface area contributed by atoms with E-state index in [0.29, 0.717) is 12.0 Å². The van der Waals surface area contributed by atoms with E-state index in [1.807, 2.05) is 6.92 Å². The Balaban J connectivity index is 4.38. The predicted molar refractivity (Wildman–Crippen MR) is 62.9 cm³/mol. The summed E-state index contributed by atoms with van der Waals surface area (Å²) in [5, 5.41) is 0. The van der Waals surface area contributed by atoms with Crippen LogP contribution >= 0.6 is 33.2 Å². The van der Waals surface area contributed by atoms with Gasteiger partial charge in [0.2, 0.25) is 0 Å². The van der Waals surface area contributed by atoms with E-state index in [1.54, 1.807) is 6.92 Å². The van der Waals surface area contributed by atoms with Crippen molar-refractivity contribution in [3.8, 4) is 0 Å². The molecule has 0 rings (SSSR count). The predicted octanol–water partition coefficient (Wildman–Crippen LogP) is 3.47. The minimum atomic E-state index is -2.98. The lowest BCUT2D eigenvalue weighted by molar-refractivity contribution is -0.141. The zero-order chi connectivity index (χ0) is 11.4. The lowest BCUT2D eigenvalue weighted by Gasteiger charge is -2.21. The van der Waals surface area contributed by atoms with Gasteiger partial charge in [0.25, 0.3) is 0 Å². The second-order valence-electron chi connectivity index (χ2n) is 3.00. The van der Waals surface area contributed by atoms with Gasteiger partial charge in [0.05, 0.1) is 0 Å². The molecule has 0 spiro atoms. The summed E-state index contributed by atoms with van der Waals surface area (Å²) in [6, 6.07) is -2.98. The SMILES string of the molecule is C=C(C)C(=O)OC(CCC)[Si](Cl)(Cl)Cl. The Labute approximate surface area is 99.3 Å². The lowest BCUT2D eigenvalue weighted by Crippen LogP contribution is -2.36. The van der Waals surface area contributed by atoms with Crippen LogP contribution in [0.2, 0.25) is 0 Å². The standard InChI is InChI=1S/C8H13Cl3O2Si/c1-4-5-7(14(9,10)11)13-8(12)6(2)3/h7H,2,4-5H2,1,3H3. The highest BCUT2D eigenvalue weighted by molar-refractivity contribution is 7.65. The molecule has 0 amide bonds. The summed E-state index contributed by atoms with van der Waals surface area (Å²) < 4.78 is 5.04. The van der Waals surface area contributed by atoms with Gasteiger partial charge in [0.15, 0.2) is 0 Å². The number of ether oxygens (including phenoxy) is 1. The molecule has 0 aliphatic carbocycles. The van der Waals surface area contributed by atoms with Crippen LogP contribution in [0.3, 0.4) is 0 Å². The highest BCUT2D eigenvalue weighted by Gasteiger charge is 2.39. The number of carbonyl (C=O) groups excluding carboxylic acids is 1. The highest BCUT2D eigenvalue weighted by atomic mass is 35.8. The van der Waals surface area contributed by atoms with Crippen LogP contribution in [0.5, 0.6) is 0 Å². The molecule has 6 heteroatoms. The van der Waals surface area contributed by atoms with Crippen LogP contribution in [0.15, 0.2) is 12.2 Å². The highest BCUT2D eigenvalue weighted by Crippen LogP contribution is 2.29. The smallest absolute Gasteiger partial charge is 0.381 e. The molecular weight excluding hydrogens is 263 g/mol. The Bertz CT molecular complexity index is 225. The molecule has 0 saturated heterocycles. The molecule has 0 heterocycles. The van der Waals surface area contributed by atoms with Crippen molar-refractivity contribution in [1.29, 1.82) is 0 Å². The Morgan fingerprint density at radius 3 is 2.29 bits per heavy atom. The average molecular weight is 276 g/mol. The van der Waals surface area contributed by atoms with Crippen LogP contribution in [-0.2, 0) is 9.53 Å². The molecule has 0 aromatic heterocycles. The first kappa shape index (κ1) is 14.3. The van der Waals surface area contributed by atoms with Crippen molar-refractivity contribution in [2.45, 2.75) is 32.4 Å². The summed E-state index contributed by atoms with van der Waals surface area (Å²) in [6.45, 7) is 6.96. The molecule has 0 saturated carbocycles. The number of halogens is 3. The van der Waals surface area contributed by atoms with E-state index in [4.69, 9.17) is 38.0 Å². The fraction of sp³-hybridized carbons (Fsp3) is 0.625. The van der Waals surface area contributed by atoms with E-state index in [1.165, 1.54) is 0 Å². The van der Waals surface area contributed by atoms with Gasteiger partial charge in [-0.2, -0.15) is 0 Å². The topological polar surface area (TPSA) is 26.3 Å². The molecule has 1 atom stereocenters. The minimum absolute atomic E-state index is 0.314. The first-order valence-electron chi connectivity index (χ1n) is 4.22. The molecule has 0 N–H and O–H groups in total. The zero-order valence-corrected chi connectivity index (χ0v) is 11.4. The fourth-order valence-electron chi connectivity index (χ4n) is 0.781. The fourth-order valence-corrected chi connectivity index (χ4v) is 3.02. The van der Waals surface area contributed by atoms with Gasteiger partial charge in [-0.15, -0.1) is 33.2 Å². The second kappa shape index (κ2) is 6.01. The molecule has 0 fully saturated rings. The second-order valence-corrected chi connectivity index (χ2v) is 11.8. The third-order valence-electron chi connectivity index (χ3n) is 1.51. The van der Waals surface area contributed by atoms with Crippen molar-refractivity contribution >= 4 is 45.2 Å². The summed E-state index contributed by atoms with van der Waals surface area (Å²) in [4.78, 5) is 11.2. The Morgan fingerprint density at radius 2 is 2.00 bits per heavy atom. The van der Waals surface area contributed by atoms with Crippen molar-refractivity contribution in [1.82, 2.24) is 0 Å². The van der Waals surface area contributed by atoms with E-state index in [2.05, 4.69) is 6.58 Å². The van der Waals surface area contributed by atoms with Crippen molar-refractivity contribution in [3.05, 3.63) is 12.2 Å². The molecule has 14 heavy (non-hydrogen) atoms. The minimum Gasteiger partial charge on any atom is -0.458 e. The van der Waals surface area contributed by atoms with E-state index in [0.717, 1.165) is 6.42 Å². The number of hydrogen-bond donors (Lipinski definition) is 0. The van der Waals surface area contributed by atoms with Crippen LogP contribution in [0.4, 0.5) is 0 Å². The maximum absolute atomic E-state index is 11.2. The van der Waals surface area contributed by atoms with Crippen LogP contribution in [0.25, 0.3) is 0 Å². The van der Waals surface area contributed by atoms with Gasteiger partial charge in [-0.25, -0.2) is 4.79 Å². The van der Waals surface area contributed by atoms with Crippen LogP contribution in [0.1, 0.15) is 26.7 Å². The van der Waals surface area contributed by atoms with Crippen molar-refractivity contribution in [2.24, 2.45) is 0 Å². The van der Waals surface area contributed by atoms with E-state index >= 15 is 0 Å². The summed E-state index contributed by atoms with van der Waals surface area (Å²) in [5.41, 5.74) is -0.268. The maximum Gasteiger partial charge on any atom is 0.381 e. The summed E-state index contributed by atoms with van der Waals surface area (Å²) in [7, 11) is 0. The number of esters is 1. The van der Waals surface area contributed by atoms with Crippen LogP contribution in [0, 0.1) is 0 Å². The van der Waals surface area contributed by atoms with Gasteiger partial charge in [-0.3, -0.25) is 0 Å². The summed E-state index contributed by atoms with van der Waals surface area (Å²) in [6.07, 6.45) is 1.37. The largest absolute Gasteiger partial charge is 0.458 e. The number of hydrogen-bond acceptors (Lipinski definition) is 2. The molecule has 2 nitrogen and oxygen atoms in total. The van der Waals surface area contributed by atoms with Crippen molar-refractivity contribution < 1.29 is 9.53 Å². The van der Waals surface area contributed by atoms with Gasteiger partial charge >= 0.3 is 12.0 Å². The molecule has 0 aromatic rings. The molecular formula is C8H13Cl3O2Si.